The standard InChI is InChI=1S/C11H18N4O2S/c1-7(2)12-5-8(3)6-18-11-13-9(16)10(17)14-15(11)4/h7,12H,3,5-6H2,1-2,4H3,(H,14,17). The first kappa shape index (κ1) is 14.7. The van der Waals surface area contributed by atoms with Crippen LogP contribution in [0.2, 0.25) is 0 Å². The lowest BCUT2D eigenvalue weighted by atomic mass is 10.3. The number of nitrogens with zero attached hydrogens (tertiary/aromatic N) is 2. The molecule has 0 aromatic carbocycles. The van der Waals surface area contributed by atoms with Crippen LogP contribution in [-0.2, 0) is 7.05 Å². The van der Waals surface area contributed by atoms with Crippen LogP contribution in [0.1, 0.15) is 13.8 Å². The van der Waals surface area contributed by atoms with Gasteiger partial charge in [-0.15, -0.1) is 0 Å². The highest BCUT2D eigenvalue weighted by Gasteiger charge is 2.05. The Balaban J connectivity index is 2.59. The first-order valence-corrected chi connectivity index (χ1v) is 6.59. The fourth-order valence-corrected chi connectivity index (χ4v) is 1.98. The van der Waals surface area contributed by atoms with Gasteiger partial charge in [0.05, 0.1) is 0 Å². The van der Waals surface area contributed by atoms with Crippen molar-refractivity contribution in [3.05, 3.63) is 32.9 Å². The Morgan fingerprint density at radius 2 is 2.22 bits per heavy atom. The zero-order valence-electron chi connectivity index (χ0n) is 10.8. The lowest BCUT2D eigenvalue weighted by Crippen LogP contribution is -2.34. The molecule has 1 heterocycles. The van der Waals surface area contributed by atoms with Gasteiger partial charge in [0.2, 0.25) is 0 Å². The van der Waals surface area contributed by atoms with E-state index in [2.05, 4.69) is 35.8 Å². The van der Waals surface area contributed by atoms with Crippen molar-refractivity contribution in [2.75, 3.05) is 12.3 Å². The SMILES string of the molecule is C=C(CNC(C)C)CSc1nc(=O)c(=O)[nH]n1C. The van der Waals surface area contributed by atoms with Crippen molar-refractivity contribution in [1.29, 1.82) is 0 Å². The molecule has 100 valence electrons. The summed E-state index contributed by atoms with van der Waals surface area (Å²) >= 11 is 1.37. The second-order valence-electron chi connectivity index (χ2n) is 4.27. The molecule has 0 radical (unpaired) electrons. The van der Waals surface area contributed by atoms with E-state index in [1.54, 1.807) is 7.05 Å². The van der Waals surface area contributed by atoms with E-state index in [0.717, 1.165) is 12.1 Å². The zero-order valence-corrected chi connectivity index (χ0v) is 11.6. The molecular weight excluding hydrogens is 252 g/mol. The smallest absolute Gasteiger partial charge is 0.311 e. The molecule has 1 rings (SSSR count). The van der Waals surface area contributed by atoms with E-state index in [0.29, 0.717) is 17.0 Å². The maximum atomic E-state index is 11.1. The van der Waals surface area contributed by atoms with Crippen LogP contribution >= 0.6 is 11.8 Å². The van der Waals surface area contributed by atoms with Crippen LogP contribution in [0, 0.1) is 0 Å². The average Bonchev–Trinajstić information content (AvgIpc) is 2.29. The van der Waals surface area contributed by atoms with E-state index in [4.69, 9.17) is 0 Å². The molecule has 0 bridgehead atoms. The second kappa shape index (κ2) is 6.55. The predicted molar refractivity (Wildman–Crippen MR) is 73.1 cm³/mol. The molecule has 0 fully saturated rings. The highest BCUT2D eigenvalue weighted by Crippen LogP contribution is 2.14. The van der Waals surface area contributed by atoms with Gasteiger partial charge in [-0.2, -0.15) is 4.98 Å². The summed E-state index contributed by atoms with van der Waals surface area (Å²) in [6.07, 6.45) is 0. The molecule has 2 N–H and O–H groups in total. The van der Waals surface area contributed by atoms with Gasteiger partial charge in [0.1, 0.15) is 0 Å². The Morgan fingerprint density at radius 3 is 2.83 bits per heavy atom. The molecule has 1 aromatic rings. The van der Waals surface area contributed by atoms with Crippen LogP contribution in [0.4, 0.5) is 0 Å². The van der Waals surface area contributed by atoms with Gasteiger partial charge in [0.15, 0.2) is 5.16 Å². The molecule has 18 heavy (non-hydrogen) atoms. The molecule has 0 spiro atoms. The molecule has 0 aliphatic heterocycles. The van der Waals surface area contributed by atoms with Crippen molar-refractivity contribution < 1.29 is 0 Å². The van der Waals surface area contributed by atoms with Gasteiger partial charge < -0.3 is 5.32 Å². The molecule has 1 aromatic heterocycles. The Kier molecular flexibility index (Phi) is 5.36. The first-order chi connectivity index (χ1) is 8.40. The number of aryl methyl sites for hydroxylation is 1. The van der Waals surface area contributed by atoms with Crippen molar-refractivity contribution in [3.63, 3.8) is 0 Å². The molecule has 0 amide bonds. The Labute approximate surface area is 109 Å². The van der Waals surface area contributed by atoms with E-state index in [-0.39, 0.29) is 0 Å². The quantitative estimate of drug-likeness (QED) is 0.436. The minimum Gasteiger partial charge on any atom is -0.311 e. The van der Waals surface area contributed by atoms with Gasteiger partial charge in [-0.05, 0) is 0 Å². The third kappa shape index (κ3) is 4.50. The van der Waals surface area contributed by atoms with E-state index in [9.17, 15) is 9.59 Å². The molecule has 0 saturated heterocycles. The van der Waals surface area contributed by atoms with Gasteiger partial charge in [-0.25, -0.2) is 0 Å². The van der Waals surface area contributed by atoms with Gasteiger partial charge in [-0.3, -0.25) is 19.4 Å². The number of hydrogen-bond donors (Lipinski definition) is 2. The van der Waals surface area contributed by atoms with Crippen LogP contribution in [0.15, 0.2) is 26.9 Å². The molecular formula is C11H18N4O2S. The fraction of sp³-hybridized carbons (Fsp3) is 0.545. The van der Waals surface area contributed by atoms with Crippen LogP contribution in [0.5, 0.6) is 0 Å². The Bertz CT molecular complexity index is 533. The average molecular weight is 270 g/mol. The third-order valence-electron chi connectivity index (χ3n) is 2.11. The molecule has 6 nitrogen and oxygen atoms in total. The molecule has 0 aliphatic rings. The normalized spacial score (nSPS) is 10.9. The number of hydrogen-bond acceptors (Lipinski definition) is 5. The van der Waals surface area contributed by atoms with Gasteiger partial charge in [0, 0.05) is 25.4 Å². The van der Waals surface area contributed by atoms with Crippen LogP contribution < -0.4 is 16.4 Å². The van der Waals surface area contributed by atoms with Crippen molar-refractivity contribution in [3.8, 4) is 0 Å². The number of H-pyrrole nitrogens is 1. The van der Waals surface area contributed by atoms with E-state index < -0.39 is 11.1 Å². The Hall–Kier alpha value is -1.34. The first-order valence-electron chi connectivity index (χ1n) is 5.60. The molecule has 0 aliphatic carbocycles. The number of nitrogens with one attached hydrogen (secondary N) is 2. The minimum atomic E-state index is -0.762. The number of aromatic amines is 1. The third-order valence-corrected chi connectivity index (χ3v) is 3.29. The van der Waals surface area contributed by atoms with Gasteiger partial charge >= 0.3 is 11.1 Å². The van der Waals surface area contributed by atoms with Crippen LogP contribution in [-0.4, -0.2) is 33.1 Å². The van der Waals surface area contributed by atoms with Crippen molar-refractivity contribution >= 4 is 11.8 Å². The molecule has 0 atom stereocenters. The van der Waals surface area contributed by atoms with E-state index in [1.165, 1.54) is 16.4 Å². The van der Waals surface area contributed by atoms with Crippen LogP contribution in [0.25, 0.3) is 0 Å². The van der Waals surface area contributed by atoms with Crippen molar-refractivity contribution in [2.45, 2.75) is 25.0 Å². The summed E-state index contributed by atoms with van der Waals surface area (Å²) in [6.45, 7) is 8.79. The maximum absolute atomic E-state index is 11.1. The molecule has 7 heteroatoms. The Morgan fingerprint density at radius 1 is 1.56 bits per heavy atom. The summed E-state index contributed by atoms with van der Waals surface area (Å²) in [5.41, 5.74) is -0.460. The lowest BCUT2D eigenvalue weighted by Gasteiger charge is -2.10. The maximum Gasteiger partial charge on any atom is 0.339 e. The predicted octanol–water partition coefficient (Wildman–Crippen LogP) is 0.115. The largest absolute Gasteiger partial charge is 0.339 e. The summed E-state index contributed by atoms with van der Waals surface area (Å²) in [5.74, 6) is 0.645. The van der Waals surface area contributed by atoms with Gasteiger partial charge in [0.25, 0.3) is 0 Å². The monoisotopic (exact) mass is 270 g/mol. The lowest BCUT2D eigenvalue weighted by molar-refractivity contribution is 0.596. The highest BCUT2D eigenvalue weighted by molar-refractivity contribution is 7.99. The summed E-state index contributed by atoms with van der Waals surface area (Å²) in [4.78, 5) is 25.9. The number of thioether (sulfide) groups is 1. The number of rotatable bonds is 6. The summed E-state index contributed by atoms with van der Waals surface area (Å²) in [7, 11) is 1.64. The van der Waals surface area contributed by atoms with Crippen molar-refractivity contribution in [1.82, 2.24) is 20.1 Å². The topological polar surface area (TPSA) is 79.8 Å². The van der Waals surface area contributed by atoms with Gasteiger partial charge in [-0.1, -0.05) is 37.8 Å². The highest BCUT2D eigenvalue weighted by atomic mass is 32.2. The number of aromatic nitrogens is 3. The van der Waals surface area contributed by atoms with E-state index >= 15 is 0 Å². The molecule has 0 unspecified atom stereocenters. The summed E-state index contributed by atoms with van der Waals surface area (Å²) < 4.78 is 1.44. The molecule has 0 saturated carbocycles. The van der Waals surface area contributed by atoms with E-state index in [1.807, 2.05) is 0 Å². The fourth-order valence-electron chi connectivity index (χ4n) is 1.16. The second-order valence-corrected chi connectivity index (χ2v) is 5.22. The zero-order chi connectivity index (χ0) is 13.7. The van der Waals surface area contributed by atoms with Crippen LogP contribution in [0.3, 0.4) is 0 Å². The summed E-state index contributed by atoms with van der Waals surface area (Å²) in [5, 5.41) is 6.14. The van der Waals surface area contributed by atoms with Crippen molar-refractivity contribution in [2.24, 2.45) is 7.05 Å². The summed E-state index contributed by atoms with van der Waals surface area (Å²) in [6, 6.07) is 0.405. The minimum absolute atomic E-state index is 0.405.